The molecule has 3 heterocycles. The number of nitrogens with one attached hydrogen (secondary N) is 1. The van der Waals surface area contributed by atoms with Gasteiger partial charge in [-0.25, -0.2) is 19.9 Å². The van der Waals surface area contributed by atoms with Crippen molar-refractivity contribution in [3.8, 4) is 6.07 Å². The molecule has 4 rings (SSSR count). The zero-order valence-electron chi connectivity index (χ0n) is 15.6. The summed E-state index contributed by atoms with van der Waals surface area (Å²) in [7, 11) is 0. The van der Waals surface area contributed by atoms with E-state index in [1.54, 1.807) is 55.0 Å². The van der Waals surface area contributed by atoms with Crippen LogP contribution in [-0.4, -0.2) is 52.0 Å². The topological polar surface area (TPSA) is 111 Å². The maximum Gasteiger partial charge on any atom is 0.274 e. The summed E-state index contributed by atoms with van der Waals surface area (Å²) in [6.45, 7) is 2.90. The molecule has 9 heteroatoms. The van der Waals surface area contributed by atoms with E-state index in [-0.39, 0.29) is 11.6 Å². The number of benzene rings is 1. The van der Waals surface area contributed by atoms with Gasteiger partial charge in [0, 0.05) is 50.5 Å². The van der Waals surface area contributed by atoms with Crippen LogP contribution < -0.4 is 15.1 Å². The molecule has 0 spiro atoms. The van der Waals surface area contributed by atoms with Gasteiger partial charge in [-0.15, -0.1) is 0 Å². The fourth-order valence-corrected chi connectivity index (χ4v) is 3.01. The number of hydrogen-bond acceptors (Lipinski definition) is 8. The summed E-state index contributed by atoms with van der Waals surface area (Å²) in [5.41, 5.74) is 1.42. The Balaban J connectivity index is 1.41. The highest BCUT2D eigenvalue weighted by molar-refractivity contribution is 6.03. The van der Waals surface area contributed by atoms with Crippen LogP contribution in [0.5, 0.6) is 0 Å². The number of piperazine rings is 1. The van der Waals surface area contributed by atoms with E-state index in [1.807, 2.05) is 11.0 Å². The fourth-order valence-electron chi connectivity index (χ4n) is 3.01. The van der Waals surface area contributed by atoms with Gasteiger partial charge in [0.2, 0.25) is 11.9 Å². The van der Waals surface area contributed by atoms with Crippen molar-refractivity contribution in [3.63, 3.8) is 0 Å². The Morgan fingerprint density at radius 1 is 0.897 bits per heavy atom. The zero-order chi connectivity index (χ0) is 20.1. The first-order chi connectivity index (χ1) is 14.2. The average Bonchev–Trinajstić information content (AvgIpc) is 2.80. The van der Waals surface area contributed by atoms with Crippen molar-refractivity contribution >= 4 is 23.5 Å². The predicted molar refractivity (Wildman–Crippen MR) is 108 cm³/mol. The number of nitrogens with zero attached hydrogens (tertiary/aromatic N) is 7. The second-order valence-corrected chi connectivity index (χ2v) is 6.41. The number of amides is 1. The molecular weight excluding hydrogens is 368 g/mol. The predicted octanol–water partition coefficient (Wildman–Crippen LogP) is 1.72. The molecule has 3 aromatic rings. The third-order valence-corrected chi connectivity index (χ3v) is 4.54. The lowest BCUT2D eigenvalue weighted by molar-refractivity contribution is 0.102. The van der Waals surface area contributed by atoms with E-state index in [0.717, 1.165) is 13.1 Å². The van der Waals surface area contributed by atoms with Crippen molar-refractivity contribution < 1.29 is 4.79 Å². The lowest BCUT2D eigenvalue weighted by Crippen LogP contribution is -2.47. The van der Waals surface area contributed by atoms with Gasteiger partial charge in [-0.3, -0.25) is 4.79 Å². The molecule has 1 aliphatic rings. The maximum absolute atomic E-state index is 12.5. The Labute approximate surface area is 167 Å². The number of aromatic nitrogens is 4. The van der Waals surface area contributed by atoms with Crippen molar-refractivity contribution in [2.45, 2.75) is 0 Å². The summed E-state index contributed by atoms with van der Waals surface area (Å²) in [6.07, 6.45) is 5.05. The largest absolute Gasteiger partial charge is 0.337 e. The quantitative estimate of drug-likeness (QED) is 0.721. The lowest BCUT2D eigenvalue weighted by atomic mass is 10.2. The minimum Gasteiger partial charge on any atom is -0.337 e. The van der Waals surface area contributed by atoms with Gasteiger partial charge in [0.05, 0.1) is 11.6 Å². The number of carbonyl (C=O) groups excluding carboxylic acids is 1. The zero-order valence-corrected chi connectivity index (χ0v) is 15.6. The van der Waals surface area contributed by atoms with Crippen LogP contribution in [-0.2, 0) is 0 Å². The Bertz CT molecular complexity index is 1020. The molecular formula is C20H18N8O. The van der Waals surface area contributed by atoms with Crippen LogP contribution in [0.25, 0.3) is 0 Å². The number of hydrogen-bond donors (Lipinski definition) is 1. The van der Waals surface area contributed by atoms with E-state index >= 15 is 0 Å². The number of nitriles is 1. The minimum atomic E-state index is -0.324. The van der Waals surface area contributed by atoms with Crippen LogP contribution in [0.4, 0.5) is 17.6 Å². The third-order valence-electron chi connectivity index (χ3n) is 4.54. The van der Waals surface area contributed by atoms with E-state index in [2.05, 4.69) is 30.2 Å². The van der Waals surface area contributed by atoms with Gasteiger partial charge < -0.3 is 15.1 Å². The molecule has 1 N–H and O–H groups in total. The van der Waals surface area contributed by atoms with Crippen molar-refractivity contribution in [3.05, 3.63) is 66.2 Å². The highest BCUT2D eigenvalue weighted by Gasteiger charge is 2.21. The van der Waals surface area contributed by atoms with Gasteiger partial charge in [-0.05, 0) is 36.4 Å². The molecule has 0 saturated carbocycles. The Morgan fingerprint density at radius 2 is 1.52 bits per heavy atom. The fraction of sp³-hybridized carbons (Fsp3) is 0.200. The first-order valence-corrected chi connectivity index (χ1v) is 9.14. The molecule has 1 amide bonds. The SMILES string of the molecule is N#Cc1ccc(NC(=O)c2ccnc(N3CCN(c4ncccn4)CC3)n2)cc1. The summed E-state index contributed by atoms with van der Waals surface area (Å²) in [5, 5.41) is 11.6. The Kier molecular flexibility index (Phi) is 5.25. The molecule has 0 atom stereocenters. The van der Waals surface area contributed by atoms with Crippen LogP contribution in [0, 0.1) is 11.3 Å². The summed E-state index contributed by atoms with van der Waals surface area (Å²) in [5.74, 6) is 0.907. The van der Waals surface area contributed by atoms with Crippen LogP contribution >= 0.6 is 0 Å². The molecule has 1 aromatic carbocycles. The van der Waals surface area contributed by atoms with Gasteiger partial charge in [-0.2, -0.15) is 5.26 Å². The third kappa shape index (κ3) is 4.27. The smallest absolute Gasteiger partial charge is 0.274 e. The molecule has 0 bridgehead atoms. The second kappa shape index (κ2) is 8.31. The summed E-state index contributed by atoms with van der Waals surface area (Å²) < 4.78 is 0. The van der Waals surface area contributed by atoms with Crippen molar-refractivity contribution in [2.75, 3.05) is 41.3 Å². The van der Waals surface area contributed by atoms with E-state index < -0.39 is 0 Å². The normalized spacial score (nSPS) is 13.6. The molecule has 1 aliphatic heterocycles. The van der Waals surface area contributed by atoms with Gasteiger partial charge >= 0.3 is 0 Å². The Hall–Kier alpha value is -4.06. The molecule has 9 nitrogen and oxygen atoms in total. The van der Waals surface area contributed by atoms with Gasteiger partial charge in [0.1, 0.15) is 5.69 Å². The molecule has 0 radical (unpaired) electrons. The van der Waals surface area contributed by atoms with Crippen molar-refractivity contribution in [1.82, 2.24) is 19.9 Å². The molecule has 29 heavy (non-hydrogen) atoms. The van der Waals surface area contributed by atoms with Crippen LogP contribution in [0.1, 0.15) is 16.1 Å². The molecule has 144 valence electrons. The highest BCUT2D eigenvalue weighted by atomic mass is 16.1. The Morgan fingerprint density at radius 3 is 2.17 bits per heavy atom. The second-order valence-electron chi connectivity index (χ2n) is 6.41. The first kappa shape index (κ1) is 18.3. The lowest BCUT2D eigenvalue weighted by Gasteiger charge is -2.34. The van der Waals surface area contributed by atoms with Gasteiger partial charge in [-0.1, -0.05) is 0 Å². The average molecular weight is 386 g/mol. The summed E-state index contributed by atoms with van der Waals surface area (Å²) >= 11 is 0. The highest BCUT2D eigenvalue weighted by Crippen LogP contribution is 2.15. The van der Waals surface area contributed by atoms with Crippen molar-refractivity contribution in [2.24, 2.45) is 0 Å². The monoisotopic (exact) mass is 386 g/mol. The molecule has 0 unspecified atom stereocenters. The summed E-state index contributed by atoms with van der Waals surface area (Å²) in [4.78, 5) is 34.0. The summed E-state index contributed by atoms with van der Waals surface area (Å²) in [6, 6.07) is 12.1. The van der Waals surface area contributed by atoms with E-state index in [4.69, 9.17) is 5.26 Å². The van der Waals surface area contributed by atoms with Gasteiger partial charge in [0.15, 0.2) is 0 Å². The minimum absolute atomic E-state index is 0.285. The molecule has 1 fully saturated rings. The maximum atomic E-state index is 12.5. The number of rotatable bonds is 4. The van der Waals surface area contributed by atoms with E-state index in [9.17, 15) is 4.79 Å². The number of anilines is 3. The molecule has 2 aromatic heterocycles. The standard InChI is InChI=1S/C20H18N8O/c21-14-15-2-4-16(5-3-15)25-18(29)17-6-9-24-20(26-17)28-12-10-27(11-13-28)19-22-7-1-8-23-19/h1-9H,10-13H2,(H,25,29). The van der Waals surface area contributed by atoms with Crippen LogP contribution in [0.3, 0.4) is 0 Å². The van der Waals surface area contributed by atoms with Crippen LogP contribution in [0.2, 0.25) is 0 Å². The van der Waals surface area contributed by atoms with E-state index in [1.165, 1.54) is 0 Å². The molecule has 1 saturated heterocycles. The first-order valence-electron chi connectivity index (χ1n) is 9.14. The molecule has 0 aliphatic carbocycles. The van der Waals surface area contributed by atoms with Gasteiger partial charge in [0.25, 0.3) is 5.91 Å². The van der Waals surface area contributed by atoms with E-state index in [0.29, 0.717) is 36.2 Å². The van der Waals surface area contributed by atoms with Crippen LogP contribution in [0.15, 0.2) is 55.0 Å². The van der Waals surface area contributed by atoms with Crippen molar-refractivity contribution in [1.29, 1.82) is 5.26 Å². The number of carbonyl (C=O) groups is 1.